The second-order valence-electron chi connectivity index (χ2n) is 5.26. The van der Waals surface area contributed by atoms with E-state index in [9.17, 15) is 0 Å². The predicted octanol–water partition coefficient (Wildman–Crippen LogP) is -10.5. The van der Waals surface area contributed by atoms with Gasteiger partial charge >= 0.3 is 55.7 Å². The van der Waals surface area contributed by atoms with Crippen LogP contribution in [0, 0.1) is 0 Å². The molecule has 0 aromatic heterocycles. The van der Waals surface area contributed by atoms with E-state index in [4.69, 9.17) is 104 Å². The van der Waals surface area contributed by atoms with E-state index in [0.29, 0.717) is 26.4 Å². The van der Waals surface area contributed by atoms with Gasteiger partial charge in [0.15, 0.2) is 0 Å². The van der Waals surface area contributed by atoms with E-state index >= 15 is 0 Å². The van der Waals surface area contributed by atoms with Gasteiger partial charge in [-0.3, -0.25) is 0 Å². The summed E-state index contributed by atoms with van der Waals surface area (Å²) in [6.07, 6.45) is 0. The van der Waals surface area contributed by atoms with Crippen molar-refractivity contribution in [3.63, 3.8) is 0 Å². The van der Waals surface area contributed by atoms with Crippen molar-refractivity contribution in [1.29, 1.82) is 0 Å². The van der Waals surface area contributed by atoms with E-state index < -0.39 is 54.3 Å². The fourth-order valence-electron chi connectivity index (χ4n) is 1.14. The maximum atomic E-state index is 8.91. The Balaban J connectivity index is -0.0000000463. The minimum Gasteiger partial charge on any atom is -0.794 e. The van der Waals surface area contributed by atoms with Gasteiger partial charge in [0.25, 0.3) is 0 Å². The van der Waals surface area contributed by atoms with Crippen molar-refractivity contribution in [2.45, 2.75) is 42.5 Å². The molecular formula is C10H48O24Si6. The zero-order valence-corrected chi connectivity index (χ0v) is 26.4. The van der Waals surface area contributed by atoms with Gasteiger partial charge in [0.05, 0.1) is 0 Å². The highest BCUT2D eigenvalue weighted by Crippen LogP contribution is 2.11. The highest BCUT2D eigenvalue weighted by Gasteiger charge is 2.46. The molecule has 0 aliphatic heterocycles. The summed E-state index contributed by atoms with van der Waals surface area (Å²) in [5, 5.41) is 0. The molecule has 0 rings (SSSR count). The van der Waals surface area contributed by atoms with Crippen molar-refractivity contribution in [3.8, 4) is 0 Å². The highest BCUT2D eigenvalue weighted by molar-refractivity contribution is 6.63. The topological polar surface area (TPSA) is 445 Å². The van der Waals surface area contributed by atoms with E-state index in [1.807, 2.05) is 27.7 Å². The van der Waals surface area contributed by atoms with Gasteiger partial charge in [-0.2, -0.15) is 0 Å². The van der Waals surface area contributed by atoms with Crippen LogP contribution in [0.5, 0.6) is 0 Å². The molecule has 24 nitrogen and oxygen atoms in total. The summed E-state index contributed by atoms with van der Waals surface area (Å²) in [6, 6.07) is 0. The van der Waals surface area contributed by atoms with Crippen LogP contribution in [-0.4, -0.2) is 168 Å². The molecule has 256 valence electrons. The SMILES string of the molecule is C.C.CCO[Si](OCC)(OCC)OCC.O.O[Si](O)(O)O.O[Si](O)(O)O.O[Si](O)(O)O[Si](O)(O)O.[H+].[O-][Si](O)(O)O. The van der Waals surface area contributed by atoms with Crippen molar-refractivity contribution < 1.29 is 115 Å². The molecule has 0 radical (unpaired) electrons. The molecule has 0 amide bonds. The Hall–Kier alpha value is 0.341. The molecule has 0 unspecified atom stereocenters. The van der Waals surface area contributed by atoms with Gasteiger partial charge in [0, 0.05) is 26.4 Å². The molecule has 0 bridgehead atoms. The second-order valence-corrected chi connectivity index (χ2v) is 14.1. The van der Waals surface area contributed by atoms with Crippen LogP contribution in [0.25, 0.3) is 0 Å². The van der Waals surface area contributed by atoms with Gasteiger partial charge < -0.3 is 114 Å². The summed E-state index contributed by atoms with van der Waals surface area (Å²) in [5.41, 5.74) is 0. The van der Waals surface area contributed by atoms with Crippen LogP contribution < -0.4 is 4.80 Å². The third-order valence-electron chi connectivity index (χ3n) is 1.56. The highest BCUT2D eigenvalue weighted by atomic mass is 28.5. The Labute approximate surface area is 238 Å². The molecular weight excluding hydrogens is 673 g/mol. The molecule has 40 heavy (non-hydrogen) atoms. The van der Waals surface area contributed by atoms with Crippen molar-refractivity contribution in [1.82, 2.24) is 0 Å². The van der Waals surface area contributed by atoms with Gasteiger partial charge in [-0.1, -0.05) is 14.9 Å². The third-order valence-corrected chi connectivity index (χ3v) is 6.32. The normalized spacial score (nSPS) is 11.6. The summed E-state index contributed by atoms with van der Waals surface area (Å²) < 4.78 is 24.9. The van der Waals surface area contributed by atoms with Crippen molar-refractivity contribution in [2.24, 2.45) is 0 Å². The maximum absolute atomic E-state index is 8.91. The zero-order valence-electron chi connectivity index (χ0n) is 21.4. The van der Waals surface area contributed by atoms with E-state index in [0.717, 1.165) is 0 Å². The fourth-order valence-corrected chi connectivity index (χ4v) is 4.52. The first-order valence-corrected chi connectivity index (χ1v) is 19.7. The lowest BCUT2D eigenvalue weighted by Gasteiger charge is -2.26. The van der Waals surface area contributed by atoms with Crippen LogP contribution in [0.2, 0.25) is 0 Å². The molecule has 0 saturated heterocycles. The molecule has 0 atom stereocenters. The molecule has 30 heteroatoms. The van der Waals surface area contributed by atoms with Crippen LogP contribution in [0.4, 0.5) is 0 Å². The Morgan fingerprint density at radius 3 is 0.650 bits per heavy atom. The maximum Gasteiger partial charge on any atom is 1.00 e. The second kappa shape index (κ2) is 28.1. The Morgan fingerprint density at radius 2 is 0.600 bits per heavy atom. The monoisotopic (exact) mass is 720 g/mol. The Bertz CT molecular complexity index is 418. The summed E-state index contributed by atoms with van der Waals surface area (Å²) in [7, 11) is -26.8. The standard InChI is InChI=1S/C8H20O4Si.2CH4.H6O7Si2.2H4O4Si.H3O4Si.H2O/c1-5-9-13(10-6-2,11-7-3)12-8-4;;;1-8(2,3)7-9(4,5)6;3*1-5(2,3)4;/h5-8H2,1-4H3;2*1H4;1-6H;2*1-4H;1-3H;1H2/q;;;;;;-1;/p+1. The van der Waals surface area contributed by atoms with E-state index in [1.165, 1.54) is 0 Å². The van der Waals surface area contributed by atoms with Crippen molar-refractivity contribution >= 4 is 54.3 Å². The fraction of sp³-hybridized carbons (Fsp3) is 1.00. The summed E-state index contributed by atoms with van der Waals surface area (Å²) in [4.78, 5) is 137. The van der Waals surface area contributed by atoms with E-state index in [-0.39, 0.29) is 21.8 Å². The summed E-state index contributed by atoms with van der Waals surface area (Å²) in [6.45, 7) is 9.80. The Morgan fingerprint density at radius 1 is 0.475 bits per heavy atom. The lowest BCUT2D eigenvalue weighted by molar-refractivity contribution is -0.295. The smallest absolute Gasteiger partial charge is 0.794 e. The van der Waals surface area contributed by atoms with Gasteiger partial charge in [-0.05, 0) is 27.7 Å². The van der Waals surface area contributed by atoms with Gasteiger partial charge in [-0.15, -0.1) is 0 Å². The van der Waals surface area contributed by atoms with Crippen LogP contribution in [0.15, 0.2) is 0 Å². The average molecular weight is 721 g/mol. The lowest BCUT2D eigenvalue weighted by Crippen LogP contribution is -2.53. The zero-order chi connectivity index (χ0) is 31.4. The van der Waals surface area contributed by atoms with Gasteiger partial charge in [0.1, 0.15) is 0 Å². The van der Waals surface area contributed by atoms with Crippen molar-refractivity contribution in [3.05, 3.63) is 0 Å². The largest absolute Gasteiger partial charge is 1.00 e. The van der Waals surface area contributed by atoms with E-state index in [2.05, 4.69) is 4.12 Å². The molecule has 0 saturated carbocycles. The van der Waals surface area contributed by atoms with Gasteiger partial charge in [0.2, 0.25) is 0 Å². The summed E-state index contributed by atoms with van der Waals surface area (Å²) in [5.74, 6) is 0. The average Bonchev–Trinajstić information content (AvgIpc) is 2.47. The molecule has 0 aliphatic carbocycles. The first-order valence-electron chi connectivity index (χ1n) is 9.21. The number of hydrogen-bond donors (Lipinski definition) is 17. The lowest BCUT2D eigenvalue weighted by atomic mass is 10.9. The first-order chi connectivity index (χ1) is 15.9. The van der Waals surface area contributed by atoms with E-state index in [1.54, 1.807) is 0 Å². The van der Waals surface area contributed by atoms with Crippen LogP contribution >= 0.6 is 0 Å². The molecule has 0 spiro atoms. The van der Waals surface area contributed by atoms with Gasteiger partial charge in [-0.25, -0.2) is 0 Å². The minimum absolute atomic E-state index is 0. The molecule has 19 N–H and O–H groups in total. The van der Waals surface area contributed by atoms with Crippen LogP contribution in [0.1, 0.15) is 44.0 Å². The molecule has 0 aliphatic rings. The first kappa shape index (κ1) is 59.7. The Kier molecular flexibility index (Phi) is 42.0. The molecule has 0 fully saturated rings. The third kappa shape index (κ3) is 107. The molecule has 0 heterocycles. The minimum atomic E-state index is -4.98. The van der Waals surface area contributed by atoms with Crippen LogP contribution in [-0.2, 0) is 21.8 Å². The number of rotatable bonds is 10. The summed E-state index contributed by atoms with van der Waals surface area (Å²) >= 11 is 0. The van der Waals surface area contributed by atoms with Crippen molar-refractivity contribution in [2.75, 3.05) is 26.4 Å². The number of hydrogen-bond acceptors (Lipinski definition) is 23. The quantitative estimate of drug-likeness (QED) is 0.0931. The molecule has 0 aromatic rings. The van der Waals surface area contributed by atoms with Crippen LogP contribution in [0.3, 0.4) is 0 Å². The molecule has 0 aromatic carbocycles. The predicted molar refractivity (Wildman–Crippen MR) is 138 cm³/mol.